The van der Waals surface area contributed by atoms with Crippen LogP contribution in [0, 0.1) is 0 Å². The minimum Gasteiger partial charge on any atom is -0.497 e. The summed E-state index contributed by atoms with van der Waals surface area (Å²) in [7, 11) is 3.58. The summed E-state index contributed by atoms with van der Waals surface area (Å²) in [4.78, 5) is 15.4. The summed E-state index contributed by atoms with van der Waals surface area (Å²) in [5.74, 6) is 2.33. The zero-order chi connectivity index (χ0) is 15.5. The Labute approximate surface area is 129 Å². The van der Waals surface area contributed by atoms with Crippen molar-refractivity contribution in [3.8, 4) is 11.5 Å². The SMILES string of the molecule is COc1ccc(OCC2=CN3CC=CC=C3N2C)c(C=O)c1. The molecule has 0 saturated heterocycles. The lowest BCUT2D eigenvalue weighted by molar-refractivity contribution is 0.111. The Bertz CT molecular complexity index is 676. The Morgan fingerprint density at radius 3 is 2.95 bits per heavy atom. The molecule has 5 nitrogen and oxygen atoms in total. The number of carbonyl (C=O) groups is 1. The molecule has 2 aliphatic rings. The van der Waals surface area contributed by atoms with Gasteiger partial charge in [0.2, 0.25) is 0 Å². The number of benzene rings is 1. The second-order valence-electron chi connectivity index (χ2n) is 5.10. The van der Waals surface area contributed by atoms with Crippen molar-refractivity contribution in [1.29, 1.82) is 0 Å². The molecule has 1 aromatic carbocycles. The molecule has 0 amide bonds. The van der Waals surface area contributed by atoms with Crippen LogP contribution in [0.5, 0.6) is 11.5 Å². The van der Waals surface area contributed by atoms with E-state index in [-0.39, 0.29) is 0 Å². The van der Waals surface area contributed by atoms with Gasteiger partial charge in [0, 0.05) is 19.8 Å². The van der Waals surface area contributed by atoms with Crippen LogP contribution in [0.25, 0.3) is 0 Å². The van der Waals surface area contributed by atoms with Crippen LogP contribution in [0.4, 0.5) is 0 Å². The number of rotatable bonds is 5. The van der Waals surface area contributed by atoms with Gasteiger partial charge in [-0.1, -0.05) is 12.2 Å². The van der Waals surface area contributed by atoms with E-state index in [0.29, 0.717) is 23.7 Å². The summed E-state index contributed by atoms with van der Waals surface area (Å²) in [5, 5.41) is 0. The van der Waals surface area contributed by atoms with E-state index in [4.69, 9.17) is 9.47 Å². The van der Waals surface area contributed by atoms with Crippen LogP contribution in [-0.4, -0.2) is 43.4 Å². The lowest BCUT2D eigenvalue weighted by Crippen LogP contribution is -2.24. The standard InChI is InChI=1S/C17H18N2O3/c1-18-14(10-19-8-4-3-5-17(18)19)12-22-16-7-6-15(21-2)9-13(16)11-20/h3-7,9-11H,8,12H2,1-2H3. The zero-order valence-corrected chi connectivity index (χ0v) is 12.7. The Morgan fingerprint density at radius 1 is 1.36 bits per heavy atom. The van der Waals surface area contributed by atoms with E-state index < -0.39 is 0 Å². The molecule has 0 atom stereocenters. The molecule has 0 radical (unpaired) electrons. The van der Waals surface area contributed by atoms with Gasteiger partial charge in [0.05, 0.1) is 18.4 Å². The van der Waals surface area contributed by atoms with Gasteiger partial charge < -0.3 is 19.3 Å². The second-order valence-corrected chi connectivity index (χ2v) is 5.10. The molecule has 0 N–H and O–H groups in total. The predicted octanol–water partition coefficient (Wildman–Crippen LogP) is 2.39. The Hall–Kier alpha value is -2.69. The maximum atomic E-state index is 11.2. The number of allylic oxidation sites excluding steroid dienone is 2. The molecule has 0 fully saturated rings. The smallest absolute Gasteiger partial charge is 0.153 e. The topological polar surface area (TPSA) is 42.0 Å². The number of aldehydes is 1. The van der Waals surface area contributed by atoms with Gasteiger partial charge in [-0.05, 0) is 24.3 Å². The molecule has 0 spiro atoms. The minimum absolute atomic E-state index is 0.400. The highest BCUT2D eigenvalue weighted by Gasteiger charge is 2.24. The first-order valence-electron chi connectivity index (χ1n) is 7.07. The van der Waals surface area contributed by atoms with Crippen LogP contribution in [0.15, 0.2) is 54.1 Å². The summed E-state index contributed by atoms with van der Waals surface area (Å²) in [6.07, 6.45) is 9.07. The number of nitrogens with zero attached hydrogens (tertiary/aromatic N) is 2. The zero-order valence-electron chi connectivity index (χ0n) is 12.7. The van der Waals surface area contributed by atoms with E-state index in [0.717, 1.165) is 24.3 Å². The number of carbonyl (C=O) groups excluding carboxylic acids is 1. The summed E-state index contributed by atoms with van der Waals surface area (Å²) < 4.78 is 10.9. The molecule has 2 aliphatic heterocycles. The van der Waals surface area contributed by atoms with Crippen molar-refractivity contribution >= 4 is 6.29 Å². The maximum Gasteiger partial charge on any atom is 0.153 e. The molecular weight excluding hydrogens is 280 g/mol. The number of hydrogen-bond donors (Lipinski definition) is 0. The molecule has 0 aliphatic carbocycles. The average Bonchev–Trinajstić information content (AvgIpc) is 2.89. The van der Waals surface area contributed by atoms with Crippen LogP contribution >= 0.6 is 0 Å². The fourth-order valence-corrected chi connectivity index (χ4v) is 2.52. The Kier molecular flexibility index (Phi) is 3.87. The molecule has 114 valence electrons. The molecule has 22 heavy (non-hydrogen) atoms. The third-order valence-corrected chi connectivity index (χ3v) is 3.78. The van der Waals surface area contributed by atoms with E-state index in [1.807, 2.05) is 13.1 Å². The third kappa shape index (κ3) is 2.57. The highest BCUT2D eigenvalue weighted by molar-refractivity contribution is 5.80. The first kappa shape index (κ1) is 14.3. The van der Waals surface area contributed by atoms with Gasteiger partial charge in [0.25, 0.3) is 0 Å². The highest BCUT2D eigenvalue weighted by Crippen LogP contribution is 2.28. The summed E-state index contributed by atoms with van der Waals surface area (Å²) in [6, 6.07) is 5.21. The number of likely N-dealkylation sites (N-methyl/N-ethyl adjacent to an activating group) is 1. The number of methoxy groups -OCH3 is 1. The molecule has 0 bridgehead atoms. The minimum atomic E-state index is 0.400. The summed E-state index contributed by atoms with van der Waals surface area (Å²) >= 11 is 0. The average molecular weight is 298 g/mol. The molecule has 2 heterocycles. The van der Waals surface area contributed by atoms with Gasteiger partial charge in [-0.3, -0.25) is 4.79 Å². The number of ether oxygens (including phenoxy) is 2. The van der Waals surface area contributed by atoms with Crippen molar-refractivity contribution in [2.24, 2.45) is 0 Å². The number of hydrogen-bond acceptors (Lipinski definition) is 5. The van der Waals surface area contributed by atoms with Crippen molar-refractivity contribution in [1.82, 2.24) is 9.80 Å². The fraction of sp³-hybridized carbons (Fsp3) is 0.235. The molecule has 3 rings (SSSR count). The Morgan fingerprint density at radius 2 is 2.23 bits per heavy atom. The van der Waals surface area contributed by atoms with Crippen molar-refractivity contribution in [3.63, 3.8) is 0 Å². The number of fused-ring (bicyclic) bond motifs is 1. The van der Waals surface area contributed by atoms with Gasteiger partial charge in [-0.2, -0.15) is 0 Å². The van der Waals surface area contributed by atoms with Crippen LogP contribution in [0.3, 0.4) is 0 Å². The van der Waals surface area contributed by atoms with Gasteiger partial charge >= 0.3 is 0 Å². The lowest BCUT2D eigenvalue weighted by Gasteiger charge is -2.24. The first-order valence-corrected chi connectivity index (χ1v) is 7.07. The molecule has 0 saturated carbocycles. The molecular formula is C17H18N2O3. The summed E-state index contributed by atoms with van der Waals surface area (Å²) in [6.45, 7) is 1.26. The molecule has 0 aromatic heterocycles. The van der Waals surface area contributed by atoms with Crippen molar-refractivity contribution in [2.45, 2.75) is 0 Å². The van der Waals surface area contributed by atoms with E-state index in [9.17, 15) is 4.79 Å². The first-order chi connectivity index (χ1) is 10.7. The highest BCUT2D eigenvalue weighted by atomic mass is 16.5. The van der Waals surface area contributed by atoms with Crippen molar-refractivity contribution in [2.75, 3.05) is 27.3 Å². The van der Waals surface area contributed by atoms with E-state index >= 15 is 0 Å². The molecule has 1 aromatic rings. The molecule has 5 heteroatoms. The van der Waals surface area contributed by atoms with Gasteiger partial charge in [0.15, 0.2) is 6.29 Å². The lowest BCUT2D eigenvalue weighted by atomic mass is 10.2. The monoisotopic (exact) mass is 298 g/mol. The Balaban J connectivity index is 1.72. The van der Waals surface area contributed by atoms with Crippen LogP contribution in [0.1, 0.15) is 10.4 Å². The van der Waals surface area contributed by atoms with Crippen LogP contribution in [0.2, 0.25) is 0 Å². The van der Waals surface area contributed by atoms with Gasteiger partial charge in [0.1, 0.15) is 23.9 Å². The van der Waals surface area contributed by atoms with Crippen molar-refractivity contribution < 1.29 is 14.3 Å². The fourth-order valence-electron chi connectivity index (χ4n) is 2.52. The molecule has 0 unspecified atom stereocenters. The van der Waals surface area contributed by atoms with E-state index in [1.165, 1.54) is 0 Å². The quantitative estimate of drug-likeness (QED) is 0.781. The van der Waals surface area contributed by atoms with Crippen LogP contribution < -0.4 is 9.47 Å². The summed E-state index contributed by atoms with van der Waals surface area (Å²) in [5.41, 5.74) is 1.53. The normalized spacial score (nSPS) is 16.1. The van der Waals surface area contributed by atoms with E-state index in [2.05, 4.69) is 28.2 Å². The largest absolute Gasteiger partial charge is 0.497 e. The van der Waals surface area contributed by atoms with Crippen LogP contribution in [-0.2, 0) is 0 Å². The predicted molar refractivity (Wildman–Crippen MR) is 83.7 cm³/mol. The maximum absolute atomic E-state index is 11.2. The third-order valence-electron chi connectivity index (χ3n) is 3.78. The second kappa shape index (κ2) is 5.97. The van der Waals surface area contributed by atoms with Gasteiger partial charge in [-0.25, -0.2) is 0 Å². The van der Waals surface area contributed by atoms with E-state index in [1.54, 1.807) is 25.3 Å². The van der Waals surface area contributed by atoms with Gasteiger partial charge in [-0.15, -0.1) is 0 Å². The van der Waals surface area contributed by atoms with Crippen molar-refractivity contribution in [3.05, 3.63) is 59.7 Å².